The Bertz CT molecular complexity index is 763. The molecule has 2 amide bonds. The second-order valence-electron chi connectivity index (χ2n) is 12.1. The van der Waals surface area contributed by atoms with Gasteiger partial charge in [0, 0.05) is 12.3 Å². The maximum Gasteiger partial charge on any atom is 0.414 e. The quantitative estimate of drug-likeness (QED) is 0.428. The maximum absolute atomic E-state index is 13.2. The molecule has 0 saturated carbocycles. The fourth-order valence-corrected chi connectivity index (χ4v) is 6.30. The first-order chi connectivity index (χ1) is 14.3. The highest BCUT2D eigenvalue weighted by Crippen LogP contribution is 2.55. The topological polar surface area (TPSA) is 85.3 Å². The molecule has 0 radical (unpaired) electrons. The zero-order chi connectivity index (χ0) is 24.9. The SMILES string of the molecule is CC=C[C@@H]1CC(=O)N(C(=O)O)[C@@]1([C@H](O[Si](C)(C)C(C)(C)C)[C@H]1COC(C)(C)O1)C(C)(C)C. The molecular weight excluding hydrogens is 426 g/mol. The van der Waals surface area contributed by atoms with E-state index in [1.165, 1.54) is 0 Å². The van der Waals surface area contributed by atoms with Crippen molar-refractivity contribution in [2.24, 2.45) is 11.3 Å². The molecule has 4 atom stereocenters. The maximum atomic E-state index is 13.2. The lowest BCUT2D eigenvalue weighted by Crippen LogP contribution is -2.71. The number of carbonyl (C=O) groups excluding carboxylic acids is 1. The smallest absolute Gasteiger partial charge is 0.414 e. The van der Waals surface area contributed by atoms with Gasteiger partial charge in [-0.1, -0.05) is 53.7 Å². The van der Waals surface area contributed by atoms with Gasteiger partial charge in [-0.3, -0.25) is 4.79 Å². The van der Waals surface area contributed by atoms with Crippen molar-refractivity contribution < 1.29 is 28.6 Å². The number of carbonyl (C=O) groups is 2. The molecule has 0 aromatic rings. The van der Waals surface area contributed by atoms with E-state index in [0.29, 0.717) is 0 Å². The van der Waals surface area contributed by atoms with Crippen LogP contribution in [0.1, 0.15) is 68.7 Å². The molecular formula is C24H43NO6Si. The second kappa shape index (κ2) is 8.53. The fourth-order valence-electron chi connectivity index (χ4n) is 4.98. The van der Waals surface area contributed by atoms with Gasteiger partial charge in [0.25, 0.3) is 0 Å². The highest BCUT2D eigenvalue weighted by atomic mass is 28.4. The van der Waals surface area contributed by atoms with Gasteiger partial charge in [0.2, 0.25) is 5.91 Å². The van der Waals surface area contributed by atoms with E-state index in [9.17, 15) is 14.7 Å². The molecule has 2 heterocycles. The zero-order valence-electron chi connectivity index (χ0n) is 21.7. The second-order valence-corrected chi connectivity index (χ2v) is 16.8. The predicted octanol–water partition coefficient (Wildman–Crippen LogP) is 5.42. The number of hydrogen-bond acceptors (Lipinski definition) is 5. The Hall–Kier alpha value is -1.22. The van der Waals surface area contributed by atoms with Gasteiger partial charge < -0.3 is 19.0 Å². The van der Waals surface area contributed by atoms with E-state index >= 15 is 0 Å². The first-order valence-electron chi connectivity index (χ1n) is 11.5. The summed E-state index contributed by atoms with van der Waals surface area (Å²) in [7, 11) is -2.40. The van der Waals surface area contributed by atoms with Gasteiger partial charge >= 0.3 is 6.09 Å². The minimum absolute atomic E-state index is 0.113. The van der Waals surface area contributed by atoms with Crippen LogP contribution in [0, 0.1) is 11.3 Å². The Morgan fingerprint density at radius 3 is 2.19 bits per heavy atom. The minimum atomic E-state index is -2.40. The standard InChI is InChI=1S/C24H43NO6Si/c1-12-13-16-14-18(26)25(20(27)28)24(16,21(2,3)4)19(17-15-29-23(8,9)30-17)31-32(10,11)22(5,6)7/h12-13,16-17,19H,14-15H2,1-11H3,(H,27,28)/t16-,17-,19-,24+/m1/s1. The van der Waals surface area contributed by atoms with Gasteiger partial charge in [-0.15, -0.1) is 0 Å². The number of hydrogen-bond donors (Lipinski definition) is 1. The van der Waals surface area contributed by atoms with Crippen molar-refractivity contribution in [1.82, 2.24) is 4.90 Å². The monoisotopic (exact) mass is 469 g/mol. The van der Waals surface area contributed by atoms with Gasteiger partial charge in [0.05, 0.1) is 18.2 Å². The molecule has 2 aliphatic heterocycles. The average Bonchev–Trinajstić information content (AvgIpc) is 3.08. The van der Waals surface area contributed by atoms with Crippen LogP contribution in [-0.4, -0.2) is 60.5 Å². The van der Waals surface area contributed by atoms with Gasteiger partial charge in [-0.05, 0) is 44.3 Å². The first-order valence-corrected chi connectivity index (χ1v) is 14.4. The van der Waals surface area contributed by atoms with Crippen LogP contribution < -0.4 is 0 Å². The summed E-state index contributed by atoms with van der Waals surface area (Å²) in [5.41, 5.74) is -1.79. The average molecular weight is 470 g/mol. The predicted molar refractivity (Wildman–Crippen MR) is 127 cm³/mol. The molecule has 32 heavy (non-hydrogen) atoms. The van der Waals surface area contributed by atoms with Crippen molar-refractivity contribution in [3.63, 3.8) is 0 Å². The molecule has 1 N–H and O–H groups in total. The number of nitrogens with zero attached hydrogens (tertiary/aromatic N) is 1. The van der Waals surface area contributed by atoms with Crippen molar-refractivity contribution in [2.45, 2.75) is 110 Å². The molecule has 8 heteroatoms. The molecule has 0 aliphatic carbocycles. The lowest BCUT2D eigenvalue weighted by molar-refractivity contribution is -0.176. The van der Waals surface area contributed by atoms with Crippen molar-refractivity contribution in [3.8, 4) is 0 Å². The molecule has 0 aromatic carbocycles. The summed E-state index contributed by atoms with van der Waals surface area (Å²) < 4.78 is 19.3. The van der Waals surface area contributed by atoms with Crippen LogP contribution in [-0.2, 0) is 18.7 Å². The highest BCUT2D eigenvalue weighted by molar-refractivity contribution is 6.74. The minimum Gasteiger partial charge on any atom is -0.465 e. The molecule has 0 unspecified atom stereocenters. The number of ether oxygens (including phenoxy) is 2. The van der Waals surface area contributed by atoms with Crippen molar-refractivity contribution in [3.05, 3.63) is 12.2 Å². The molecule has 2 aliphatic rings. The van der Waals surface area contributed by atoms with Crippen LogP contribution in [0.5, 0.6) is 0 Å². The van der Waals surface area contributed by atoms with Crippen LogP contribution in [0.2, 0.25) is 18.1 Å². The highest BCUT2D eigenvalue weighted by Gasteiger charge is 2.68. The van der Waals surface area contributed by atoms with Crippen LogP contribution in [0.3, 0.4) is 0 Å². The van der Waals surface area contributed by atoms with E-state index in [4.69, 9.17) is 13.9 Å². The van der Waals surface area contributed by atoms with E-state index in [1.54, 1.807) is 0 Å². The van der Waals surface area contributed by atoms with Crippen molar-refractivity contribution >= 4 is 20.3 Å². The van der Waals surface area contributed by atoms with E-state index in [1.807, 2.05) is 53.7 Å². The molecule has 7 nitrogen and oxygen atoms in total. The Kier molecular flexibility index (Phi) is 7.20. The largest absolute Gasteiger partial charge is 0.465 e. The van der Waals surface area contributed by atoms with E-state index in [-0.39, 0.29) is 24.0 Å². The van der Waals surface area contributed by atoms with Gasteiger partial charge in [0.15, 0.2) is 14.1 Å². The summed E-state index contributed by atoms with van der Waals surface area (Å²) in [6.07, 6.45) is 1.51. The van der Waals surface area contributed by atoms with Crippen molar-refractivity contribution in [1.29, 1.82) is 0 Å². The normalized spacial score (nSPS) is 30.3. The molecule has 0 aromatic heterocycles. The molecule has 2 rings (SSSR count). The Morgan fingerprint density at radius 1 is 1.25 bits per heavy atom. The molecule has 2 fully saturated rings. The van der Waals surface area contributed by atoms with E-state index in [0.717, 1.165) is 4.90 Å². The summed E-state index contributed by atoms with van der Waals surface area (Å²) in [5, 5.41) is 10.2. The Morgan fingerprint density at radius 2 is 1.81 bits per heavy atom. The zero-order valence-corrected chi connectivity index (χ0v) is 22.7. The summed E-state index contributed by atoms with van der Waals surface area (Å²) in [6.45, 7) is 22.5. The third kappa shape index (κ3) is 4.56. The van der Waals surface area contributed by atoms with Crippen LogP contribution in [0.4, 0.5) is 4.79 Å². The number of amides is 2. The lowest BCUT2D eigenvalue weighted by Gasteiger charge is -2.56. The summed E-state index contributed by atoms with van der Waals surface area (Å²) >= 11 is 0. The van der Waals surface area contributed by atoms with Crippen LogP contribution in [0.25, 0.3) is 0 Å². The number of carboxylic acid groups (broad SMARTS) is 1. The third-order valence-electron chi connectivity index (χ3n) is 7.43. The number of likely N-dealkylation sites (tertiary alicyclic amines) is 1. The van der Waals surface area contributed by atoms with Crippen LogP contribution in [0.15, 0.2) is 12.2 Å². The van der Waals surface area contributed by atoms with Gasteiger partial charge in [-0.2, -0.15) is 0 Å². The number of rotatable bonds is 5. The number of allylic oxidation sites excluding steroid dienone is 1. The van der Waals surface area contributed by atoms with Gasteiger partial charge in [0.1, 0.15) is 6.10 Å². The third-order valence-corrected chi connectivity index (χ3v) is 11.9. The summed E-state index contributed by atoms with van der Waals surface area (Å²) in [5.74, 6) is -1.57. The first kappa shape index (κ1) is 27.0. The number of imide groups is 1. The molecule has 0 spiro atoms. The summed E-state index contributed by atoms with van der Waals surface area (Å²) in [4.78, 5) is 26.8. The molecule has 2 saturated heterocycles. The van der Waals surface area contributed by atoms with E-state index < -0.39 is 49.3 Å². The fraction of sp³-hybridized carbons (Fsp3) is 0.833. The Labute approximate surface area is 194 Å². The van der Waals surface area contributed by atoms with Gasteiger partial charge in [-0.25, -0.2) is 9.69 Å². The van der Waals surface area contributed by atoms with Crippen molar-refractivity contribution in [2.75, 3.05) is 6.61 Å². The lowest BCUT2D eigenvalue weighted by atomic mass is 9.62. The molecule has 184 valence electrons. The Balaban J connectivity index is 2.84. The summed E-state index contributed by atoms with van der Waals surface area (Å²) in [6, 6.07) is 0. The van der Waals surface area contributed by atoms with Crippen LogP contribution >= 0.6 is 0 Å². The van der Waals surface area contributed by atoms with E-state index in [2.05, 4.69) is 33.9 Å². The molecule has 0 bridgehead atoms.